The monoisotopic (exact) mass is 523 g/mol. The number of piperazine rings is 1. The van der Waals surface area contributed by atoms with Crippen molar-refractivity contribution >= 4 is 28.4 Å². The minimum absolute atomic E-state index is 0.231. The third-order valence-electron chi connectivity index (χ3n) is 7.75. The Morgan fingerprint density at radius 2 is 1.87 bits per heavy atom. The Kier molecular flexibility index (Phi) is 7.05. The fraction of sp³-hybridized carbons (Fsp3) is 0.367. The van der Waals surface area contributed by atoms with Crippen LogP contribution in [0.1, 0.15) is 30.1 Å². The SMILES string of the molecule is C#Cc1cc2cnc(Nc3ccc(N4CCN(C)CC4)cc3)nc2n(Cc2cccn2C2CCOCC2)c1=O. The molecule has 2 aliphatic rings. The summed E-state index contributed by atoms with van der Waals surface area (Å²) in [6, 6.07) is 14.4. The molecule has 0 saturated carbocycles. The van der Waals surface area contributed by atoms with Gasteiger partial charge in [-0.1, -0.05) is 5.92 Å². The number of ether oxygens (including phenoxy) is 1. The van der Waals surface area contributed by atoms with Gasteiger partial charge in [-0.2, -0.15) is 4.98 Å². The van der Waals surface area contributed by atoms with Crippen LogP contribution in [0.5, 0.6) is 0 Å². The number of likely N-dealkylation sites (N-methyl/N-ethyl adjacent to an activating group) is 1. The molecule has 9 nitrogen and oxygen atoms in total. The van der Waals surface area contributed by atoms with Crippen LogP contribution in [0.25, 0.3) is 11.0 Å². The predicted molar refractivity (Wildman–Crippen MR) is 154 cm³/mol. The van der Waals surface area contributed by atoms with Crippen molar-refractivity contribution in [3.05, 3.63) is 76.5 Å². The fourth-order valence-electron chi connectivity index (χ4n) is 5.46. The molecule has 39 heavy (non-hydrogen) atoms. The van der Waals surface area contributed by atoms with Gasteiger partial charge in [0.05, 0.1) is 12.1 Å². The van der Waals surface area contributed by atoms with Gasteiger partial charge in [0.2, 0.25) is 5.95 Å². The summed E-state index contributed by atoms with van der Waals surface area (Å²) in [5, 5.41) is 4.03. The molecule has 0 bridgehead atoms. The number of hydrogen-bond acceptors (Lipinski definition) is 7. The quantitative estimate of drug-likeness (QED) is 0.388. The number of hydrogen-bond donors (Lipinski definition) is 1. The Hall–Kier alpha value is -4.13. The van der Waals surface area contributed by atoms with Gasteiger partial charge >= 0.3 is 0 Å². The first-order valence-corrected chi connectivity index (χ1v) is 13.5. The van der Waals surface area contributed by atoms with Crippen LogP contribution < -0.4 is 15.8 Å². The molecule has 2 aliphatic heterocycles. The molecule has 0 spiro atoms. The number of fused-ring (bicyclic) bond motifs is 1. The van der Waals surface area contributed by atoms with Gasteiger partial charge in [-0.05, 0) is 62.4 Å². The number of pyridine rings is 1. The fourth-order valence-corrected chi connectivity index (χ4v) is 5.46. The zero-order valence-corrected chi connectivity index (χ0v) is 22.2. The summed E-state index contributed by atoms with van der Waals surface area (Å²) < 4.78 is 9.47. The van der Waals surface area contributed by atoms with Crippen LogP contribution in [-0.4, -0.2) is 70.4 Å². The maximum absolute atomic E-state index is 13.4. The van der Waals surface area contributed by atoms with Crippen molar-refractivity contribution in [1.29, 1.82) is 0 Å². The summed E-state index contributed by atoms with van der Waals surface area (Å²) in [5.41, 5.74) is 3.74. The van der Waals surface area contributed by atoms with Crippen LogP contribution in [-0.2, 0) is 11.3 Å². The van der Waals surface area contributed by atoms with E-state index in [9.17, 15) is 4.79 Å². The Morgan fingerprint density at radius 3 is 2.62 bits per heavy atom. The molecule has 0 aliphatic carbocycles. The van der Waals surface area contributed by atoms with Crippen molar-refractivity contribution in [1.82, 2.24) is 24.0 Å². The van der Waals surface area contributed by atoms with E-state index in [2.05, 4.69) is 62.0 Å². The first-order chi connectivity index (χ1) is 19.1. The molecular formula is C30H33N7O2. The first-order valence-electron chi connectivity index (χ1n) is 13.5. The average Bonchev–Trinajstić information content (AvgIpc) is 3.44. The highest BCUT2D eigenvalue weighted by Crippen LogP contribution is 2.25. The molecule has 200 valence electrons. The molecule has 0 radical (unpaired) electrons. The normalized spacial score (nSPS) is 16.9. The van der Waals surface area contributed by atoms with Crippen molar-refractivity contribution in [3.63, 3.8) is 0 Å². The molecular weight excluding hydrogens is 490 g/mol. The first kappa shape index (κ1) is 25.2. The Balaban J connectivity index is 1.29. The summed E-state index contributed by atoms with van der Waals surface area (Å²) in [7, 11) is 2.16. The van der Waals surface area contributed by atoms with Gasteiger partial charge in [-0.3, -0.25) is 9.36 Å². The number of rotatable bonds is 6. The van der Waals surface area contributed by atoms with Gasteiger partial charge in [0.15, 0.2) is 0 Å². The van der Waals surface area contributed by atoms with Crippen molar-refractivity contribution in [3.8, 4) is 12.3 Å². The molecule has 1 aromatic carbocycles. The lowest BCUT2D eigenvalue weighted by Gasteiger charge is -2.34. The van der Waals surface area contributed by atoms with Gasteiger partial charge in [-0.15, -0.1) is 6.42 Å². The van der Waals surface area contributed by atoms with E-state index in [0.717, 1.165) is 69.0 Å². The van der Waals surface area contributed by atoms with Gasteiger partial charge < -0.3 is 24.4 Å². The molecule has 6 rings (SSSR count). The van der Waals surface area contributed by atoms with Crippen LogP contribution in [0.2, 0.25) is 0 Å². The number of terminal acetylenes is 1. The number of nitrogens with zero attached hydrogens (tertiary/aromatic N) is 6. The highest BCUT2D eigenvalue weighted by Gasteiger charge is 2.19. The lowest BCUT2D eigenvalue weighted by molar-refractivity contribution is 0.0689. The maximum atomic E-state index is 13.4. The molecule has 0 unspecified atom stereocenters. The summed E-state index contributed by atoms with van der Waals surface area (Å²) in [4.78, 5) is 27.4. The third-order valence-corrected chi connectivity index (χ3v) is 7.75. The molecule has 2 fully saturated rings. The molecule has 0 atom stereocenters. The predicted octanol–water partition coefficient (Wildman–Crippen LogP) is 3.47. The molecule has 1 N–H and O–H groups in total. The Morgan fingerprint density at radius 1 is 1.10 bits per heavy atom. The summed E-state index contributed by atoms with van der Waals surface area (Å²) >= 11 is 0. The van der Waals surface area contributed by atoms with E-state index in [1.54, 1.807) is 16.8 Å². The largest absolute Gasteiger partial charge is 0.381 e. The van der Waals surface area contributed by atoms with Gasteiger partial charge in [0, 0.05) is 80.3 Å². The van der Waals surface area contributed by atoms with Gasteiger partial charge in [0.25, 0.3) is 5.56 Å². The van der Waals surface area contributed by atoms with E-state index in [1.807, 2.05) is 18.2 Å². The van der Waals surface area contributed by atoms with Crippen LogP contribution >= 0.6 is 0 Å². The molecule has 2 saturated heterocycles. The minimum Gasteiger partial charge on any atom is -0.381 e. The number of anilines is 3. The topological polar surface area (TPSA) is 80.5 Å². The average molecular weight is 524 g/mol. The molecule has 9 heteroatoms. The van der Waals surface area contributed by atoms with Crippen molar-refractivity contribution in [2.75, 3.05) is 56.7 Å². The van der Waals surface area contributed by atoms with Crippen molar-refractivity contribution in [2.24, 2.45) is 0 Å². The smallest absolute Gasteiger partial charge is 0.268 e. The third kappa shape index (κ3) is 5.26. The summed E-state index contributed by atoms with van der Waals surface area (Å²) in [6.45, 7) is 6.03. The maximum Gasteiger partial charge on any atom is 0.268 e. The van der Waals surface area contributed by atoms with Crippen LogP contribution in [0, 0.1) is 12.3 Å². The number of benzene rings is 1. The summed E-state index contributed by atoms with van der Waals surface area (Å²) in [5.74, 6) is 2.97. The van der Waals surface area contributed by atoms with E-state index in [1.165, 1.54) is 5.69 Å². The Labute approximate surface area is 228 Å². The molecule has 0 amide bonds. The standard InChI is InChI=1S/C30H33N7O2/c1-3-22-19-23-20-31-30(32-24-6-8-25(9-7-24)35-15-13-34(2)14-16-35)33-28(23)37(29(22)38)21-27-5-4-12-36(27)26-10-17-39-18-11-26/h1,4-9,12,19-20,26H,10-11,13-18,21H2,2H3,(H,31,32,33). The molecule has 4 aromatic rings. The second-order valence-corrected chi connectivity index (χ2v) is 10.3. The zero-order valence-electron chi connectivity index (χ0n) is 22.2. The highest BCUT2D eigenvalue weighted by atomic mass is 16.5. The lowest BCUT2D eigenvalue weighted by Crippen LogP contribution is -2.44. The van der Waals surface area contributed by atoms with Crippen molar-refractivity contribution < 1.29 is 4.74 Å². The second kappa shape index (κ2) is 10.9. The molecule has 3 aromatic heterocycles. The van der Waals surface area contributed by atoms with E-state index >= 15 is 0 Å². The van der Waals surface area contributed by atoms with E-state index < -0.39 is 0 Å². The number of aromatic nitrogens is 4. The van der Waals surface area contributed by atoms with Gasteiger partial charge in [-0.25, -0.2) is 4.98 Å². The molecule has 5 heterocycles. The van der Waals surface area contributed by atoms with Gasteiger partial charge in [0.1, 0.15) is 5.65 Å². The van der Waals surface area contributed by atoms with E-state index in [0.29, 0.717) is 29.7 Å². The zero-order chi connectivity index (χ0) is 26.8. The van der Waals surface area contributed by atoms with Crippen LogP contribution in [0.4, 0.5) is 17.3 Å². The van der Waals surface area contributed by atoms with E-state index in [-0.39, 0.29) is 5.56 Å². The van der Waals surface area contributed by atoms with Crippen LogP contribution in [0.3, 0.4) is 0 Å². The summed E-state index contributed by atoms with van der Waals surface area (Å²) in [6.07, 6.45) is 11.4. The van der Waals surface area contributed by atoms with Crippen molar-refractivity contribution in [2.45, 2.75) is 25.4 Å². The minimum atomic E-state index is -0.231. The Bertz CT molecular complexity index is 1550. The second-order valence-electron chi connectivity index (χ2n) is 10.3. The lowest BCUT2D eigenvalue weighted by atomic mass is 10.1. The van der Waals surface area contributed by atoms with Crippen LogP contribution in [0.15, 0.2) is 59.7 Å². The number of nitrogens with one attached hydrogen (secondary N) is 1. The highest BCUT2D eigenvalue weighted by molar-refractivity contribution is 5.77. The van der Waals surface area contributed by atoms with E-state index in [4.69, 9.17) is 16.1 Å².